The van der Waals surface area contributed by atoms with Crippen LogP contribution >= 0.6 is 23.2 Å². The number of rotatable bonds is 3. The van der Waals surface area contributed by atoms with E-state index in [0.717, 1.165) is 18.4 Å². The smallest absolute Gasteiger partial charge is 0.0639 e. The highest BCUT2D eigenvalue weighted by molar-refractivity contribution is 6.42. The van der Waals surface area contributed by atoms with E-state index in [1.165, 1.54) is 0 Å². The van der Waals surface area contributed by atoms with Gasteiger partial charge in [0.05, 0.1) is 10.0 Å². The molecular weight excluding hydrogens is 205 g/mol. The highest BCUT2D eigenvalue weighted by Gasteiger charge is 2.10. The van der Waals surface area contributed by atoms with E-state index in [1.54, 1.807) is 6.07 Å². The molecule has 1 aromatic rings. The first kappa shape index (κ1) is 10.8. The first-order chi connectivity index (χ1) is 6.16. The largest absolute Gasteiger partial charge is 0.324 e. The van der Waals surface area contributed by atoms with E-state index in [9.17, 15) is 0 Å². The Balaban J connectivity index is 2.93. The highest BCUT2D eigenvalue weighted by Crippen LogP contribution is 2.30. The molecule has 0 aliphatic heterocycles. The minimum absolute atomic E-state index is 0.00352. The predicted octanol–water partition coefficient (Wildman–Crippen LogP) is 3.79. The molecule has 0 saturated heterocycles. The Labute approximate surface area is 88.8 Å². The molecule has 1 aromatic carbocycles. The first-order valence-corrected chi connectivity index (χ1v) is 5.12. The highest BCUT2D eigenvalue weighted by atomic mass is 35.5. The zero-order chi connectivity index (χ0) is 9.84. The summed E-state index contributed by atoms with van der Waals surface area (Å²) in [7, 11) is 0. The van der Waals surface area contributed by atoms with Gasteiger partial charge in [0.2, 0.25) is 0 Å². The van der Waals surface area contributed by atoms with Crippen LogP contribution in [-0.4, -0.2) is 0 Å². The SMILES string of the molecule is CCC[C@H](N)c1cccc(Cl)c1Cl. The molecule has 1 nitrogen and oxygen atoms in total. The minimum Gasteiger partial charge on any atom is -0.324 e. The number of halogens is 2. The van der Waals surface area contributed by atoms with E-state index in [1.807, 2.05) is 12.1 Å². The van der Waals surface area contributed by atoms with Crippen molar-refractivity contribution in [2.75, 3.05) is 0 Å². The second-order valence-corrected chi connectivity index (χ2v) is 3.82. The fourth-order valence-corrected chi connectivity index (χ4v) is 1.72. The van der Waals surface area contributed by atoms with Crippen LogP contribution in [0.4, 0.5) is 0 Å². The third kappa shape index (κ3) is 2.60. The molecule has 0 unspecified atom stereocenters. The lowest BCUT2D eigenvalue weighted by atomic mass is 10.0. The van der Waals surface area contributed by atoms with Gasteiger partial charge in [0.1, 0.15) is 0 Å². The van der Waals surface area contributed by atoms with Crippen molar-refractivity contribution >= 4 is 23.2 Å². The molecule has 0 saturated carbocycles. The van der Waals surface area contributed by atoms with Crippen LogP contribution in [0.25, 0.3) is 0 Å². The molecule has 0 fully saturated rings. The summed E-state index contributed by atoms with van der Waals surface area (Å²) in [6.45, 7) is 2.10. The van der Waals surface area contributed by atoms with Crippen LogP contribution in [0.2, 0.25) is 10.0 Å². The standard InChI is InChI=1S/C10H13Cl2N/c1-2-4-9(13)7-5-3-6-8(11)10(7)12/h3,5-6,9H,2,4,13H2,1H3/t9-/m0/s1. The maximum absolute atomic E-state index is 6.01. The predicted molar refractivity (Wildman–Crippen MR) is 58.3 cm³/mol. The zero-order valence-corrected chi connectivity index (χ0v) is 9.07. The normalized spacial score (nSPS) is 12.9. The molecule has 0 aliphatic carbocycles. The van der Waals surface area contributed by atoms with Crippen LogP contribution in [0.1, 0.15) is 31.4 Å². The second-order valence-electron chi connectivity index (χ2n) is 3.04. The molecule has 0 amide bonds. The number of nitrogens with two attached hydrogens (primary N) is 1. The van der Waals surface area contributed by atoms with Gasteiger partial charge in [-0.15, -0.1) is 0 Å². The van der Waals surface area contributed by atoms with E-state index in [2.05, 4.69) is 6.92 Å². The van der Waals surface area contributed by atoms with E-state index < -0.39 is 0 Å². The fourth-order valence-electron chi connectivity index (χ4n) is 1.27. The molecule has 0 bridgehead atoms. The van der Waals surface area contributed by atoms with Crippen molar-refractivity contribution < 1.29 is 0 Å². The molecule has 13 heavy (non-hydrogen) atoms. The zero-order valence-electron chi connectivity index (χ0n) is 7.56. The molecule has 0 aromatic heterocycles. The average molecular weight is 218 g/mol. The van der Waals surface area contributed by atoms with Gasteiger partial charge in [0.25, 0.3) is 0 Å². The summed E-state index contributed by atoms with van der Waals surface area (Å²) in [6, 6.07) is 5.57. The Morgan fingerprint density at radius 2 is 2.08 bits per heavy atom. The molecular formula is C10H13Cl2N. The fraction of sp³-hybridized carbons (Fsp3) is 0.400. The number of benzene rings is 1. The van der Waals surface area contributed by atoms with E-state index >= 15 is 0 Å². The van der Waals surface area contributed by atoms with E-state index in [4.69, 9.17) is 28.9 Å². The lowest BCUT2D eigenvalue weighted by Crippen LogP contribution is -2.10. The van der Waals surface area contributed by atoms with Gasteiger partial charge >= 0.3 is 0 Å². The Morgan fingerprint density at radius 3 is 2.69 bits per heavy atom. The van der Waals surface area contributed by atoms with Crippen LogP contribution in [-0.2, 0) is 0 Å². The summed E-state index contributed by atoms with van der Waals surface area (Å²) in [6.07, 6.45) is 1.98. The lowest BCUT2D eigenvalue weighted by Gasteiger charge is -2.12. The van der Waals surface area contributed by atoms with Crippen molar-refractivity contribution in [2.45, 2.75) is 25.8 Å². The van der Waals surface area contributed by atoms with Gasteiger partial charge in [-0.05, 0) is 18.1 Å². The molecule has 3 heteroatoms. The monoisotopic (exact) mass is 217 g/mol. The summed E-state index contributed by atoms with van der Waals surface area (Å²) in [4.78, 5) is 0. The Kier molecular flexibility index (Phi) is 4.04. The molecule has 0 heterocycles. The van der Waals surface area contributed by atoms with Gasteiger partial charge < -0.3 is 5.73 Å². The Bertz CT molecular complexity index is 286. The molecule has 2 N–H and O–H groups in total. The van der Waals surface area contributed by atoms with Crippen molar-refractivity contribution in [3.8, 4) is 0 Å². The van der Waals surface area contributed by atoms with Gasteiger partial charge in [0, 0.05) is 6.04 Å². The third-order valence-electron chi connectivity index (χ3n) is 1.98. The summed E-state index contributed by atoms with van der Waals surface area (Å²) in [5.74, 6) is 0. The molecule has 1 atom stereocenters. The molecule has 0 radical (unpaired) electrons. The number of hydrogen-bond acceptors (Lipinski definition) is 1. The summed E-state index contributed by atoms with van der Waals surface area (Å²) < 4.78 is 0. The molecule has 72 valence electrons. The quantitative estimate of drug-likeness (QED) is 0.820. The average Bonchev–Trinajstić information content (AvgIpc) is 2.10. The molecule has 0 spiro atoms. The second kappa shape index (κ2) is 4.85. The van der Waals surface area contributed by atoms with Crippen LogP contribution in [0, 0.1) is 0 Å². The third-order valence-corrected chi connectivity index (χ3v) is 2.81. The summed E-state index contributed by atoms with van der Waals surface area (Å²) in [5.41, 5.74) is 6.87. The van der Waals surface area contributed by atoms with E-state index in [0.29, 0.717) is 10.0 Å². The van der Waals surface area contributed by atoms with Gasteiger partial charge in [0.15, 0.2) is 0 Å². The molecule has 0 aliphatic rings. The van der Waals surface area contributed by atoms with Crippen molar-refractivity contribution in [3.63, 3.8) is 0 Å². The van der Waals surface area contributed by atoms with Gasteiger partial charge in [-0.3, -0.25) is 0 Å². The Morgan fingerprint density at radius 1 is 1.38 bits per heavy atom. The molecule has 1 rings (SSSR count). The van der Waals surface area contributed by atoms with E-state index in [-0.39, 0.29) is 6.04 Å². The topological polar surface area (TPSA) is 26.0 Å². The van der Waals surface area contributed by atoms with Gasteiger partial charge in [-0.25, -0.2) is 0 Å². The van der Waals surface area contributed by atoms with Gasteiger partial charge in [-0.2, -0.15) is 0 Å². The van der Waals surface area contributed by atoms with Crippen LogP contribution in [0.5, 0.6) is 0 Å². The minimum atomic E-state index is -0.00352. The van der Waals surface area contributed by atoms with Crippen molar-refractivity contribution in [1.82, 2.24) is 0 Å². The number of hydrogen-bond donors (Lipinski definition) is 1. The first-order valence-electron chi connectivity index (χ1n) is 4.36. The maximum Gasteiger partial charge on any atom is 0.0639 e. The summed E-state index contributed by atoms with van der Waals surface area (Å²) >= 11 is 11.9. The van der Waals surface area contributed by atoms with Crippen molar-refractivity contribution in [1.29, 1.82) is 0 Å². The Hall–Kier alpha value is -0.240. The lowest BCUT2D eigenvalue weighted by molar-refractivity contribution is 0.639. The van der Waals surface area contributed by atoms with Crippen LogP contribution in [0.3, 0.4) is 0 Å². The maximum atomic E-state index is 6.01. The van der Waals surface area contributed by atoms with Crippen LogP contribution < -0.4 is 5.73 Å². The van der Waals surface area contributed by atoms with Crippen molar-refractivity contribution in [3.05, 3.63) is 33.8 Å². The van der Waals surface area contributed by atoms with Gasteiger partial charge in [-0.1, -0.05) is 48.7 Å². The van der Waals surface area contributed by atoms with Crippen molar-refractivity contribution in [2.24, 2.45) is 5.73 Å². The summed E-state index contributed by atoms with van der Waals surface area (Å²) in [5, 5.41) is 1.16. The van der Waals surface area contributed by atoms with Crippen LogP contribution in [0.15, 0.2) is 18.2 Å².